The first-order valence-corrected chi connectivity index (χ1v) is 25.3. The molecule has 0 aliphatic carbocycles. The van der Waals surface area contributed by atoms with E-state index in [4.69, 9.17) is 19.4 Å². The molecule has 3 aromatic heterocycles. The van der Waals surface area contributed by atoms with Gasteiger partial charge in [0.2, 0.25) is 11.8 Å². The number of ether oxygens (including phenoxy) is 2. The van der Waals surface area contributed by atoms with Crippen LogP contribution in [0.25, 0.3) is 33.4 Å². The lowest BCUT2D eigenvalue weighted by Crippen LogP contribution is -2.62. The van der Waals surface area contributed by atoms with Crippen LogP contribution in [0.2, 0.25) is 0 Å². The molecule has 0 spiro atoms. The van der Waals surface area contributed by atoms with Crippen molar-refractivity contribution in [2.24, 2.45) is 24.3 Å². The average molecular weight is 962 g/mol. The Morgan fingerprint density at radius 2 is 1.84 bits per heavy atom. The van der Waals surface area contributed by atoms with Crippen molar-refractivity contribution in [3.8, 4) is 34.4 Å². The van der Waals surface area contributed by atoms with Crippen LogP contribution >= 0.6 is 11.3 Å². The molecule has 1 aromatic carbocycles. The highest BCUT2D eigenvalue weighted by Gasteiger charge is 2.40. The number of hydrogen-bond acceptors (Lipinski definition) is 12. The molecule has 17 heteroatoms. The van der Waals surface area contributed by atoms with Crippen LogP contribution < -0.4 is 10.7 Å². The lowest BCUT2D eigenvalue weighted by atomic mass is 9.84. The molecule has 4 aromatic rings. The van der Waals surface area contributed by atoms with Gasteiger partial charge in [0.15, 0.2) is 0 Å². The van der Waals surface area contributed by atoms with Crippen molar-refractivity contribution in [2.75, 3.05) is 66.1 Å². The maximum atomic E-state index is 14.7. The number of carbonyl (C=O) groups excluding carboxylic acids is 5. The number of rotatable bonds is 8. The number of nitrogens with one attached hydrogen (secondary N) is 2. The number of hydrogen-bond donors (Lipinski definition) is 2. The Morgan fingerprint density at radius 3 is 2.59 bits per heavy atom. The Labute approximate surface area is 409 Å². The van der Waals surface area contributed by atoms with E-state index in [9.17, 15) is 24.0 Å². The number of likely N-dealkylation sites (N-methyl/N-ethyl adjacent to an activating group) is 1. The molecule has 0 radical (unpaired) electrons. The van der Waals surface area contributed by atoms with Crippen LogP contribution in [0, 0.1) is 29.1 Å². The van der Waals surface area contributed by atoms with E-state index in [1.165, 1.54) is 21.2 Å². The van der Waals surface area contributed by atoms with Gasteiger partial charge in [0, 0.05) is 92.3 Å². The summed E-state index contributed by atoms with van der Waals surface area (Å²) in [6.45, 7) is 16.6. The van der Waals surface area contributed by atoms with Gasteiger partial charge >= 0.3 is 5.97 Å². The zero-order chi connectivity index (χ0) is 49.1. The number of fused-ring (bicyclic) bond motifs is 6. The number of esters is 1. The van der Waals surface area contributed by atoms with Crippen LogP contribution in [0.3, 0.4) is 0 Å². The number of pyridine rings is 1. The number of nitrogens with zero attached hydrogens (tertiary/aromatic N) is 7. The molecule has 4 aliphatic rings. The zero-order valence-electron chi connectivity index (χ0n) is 41.3. The number of likely N-dealkylation sites (tertiary alicyclic amines) is 1. The summed E-state index contributed by atoms with van der Waals surface area (Å²) in [5.74, 6) is 3.15. The summed E-state index contributed by atoms with van der Waals surface area (Å²) in [5, 5.41) is 8.14. The second-order valence-corrected chi connectivity index (χ2v) is 21.4. The molecule has 8 rings (SSSR count). The number of aryl methyl sites for hydroxylation is 1. The van der Waals surface area contributed by atoms with E-state index in [0.29, 0.717) is 63.5 Å². The second-order valence-electron chi connectivity index (χ2n) is 20.4. The van der Waals surface area contributed by atoms with Gasteiger partial charge in [0.1, 0.15) is 18.1 Å². The van der Waals surface area contributed by atoms with Crippen LogP contribution in [0.1, 0.15) is 83.0 Å². The van der Waals surface area contributed by atoms with Crippen LogP contribution in [-0.4, -0.2) is 148 Å². The maximum absolute atomic E-state index is 14.7. The van der Waals surface area contributed by atoms with Crippen molar-refractivity contribution in [3.63, 3.8) is 0 Å². The molecule has 0 saturated carbocycles. The summed E-state index contributed by atoms with van der Waals surface area (Å²) in [6.07, 6.45) is 3.99. The zero-order valence-corrected chi connectivity index (χ0v) is 42.1. The first-order valence-electron chi connectivity index (χ1n) is 24.4. The number of benzene rings is 1. The van der Waals surface area contributed by atoms with Crippen molar-refractivity contribution in [2.45, 2.75) is 97.7 Å². The normalized spacial score (nSPS) is 21.7. The Hall–Kier alpha value is -5.67. The molecular formula is C52H67N9O7S. The standard InChI is InChI=1S/C52H67N9O7S/c1-32(2)45-36(12-9-18-53-45)47-38-28-52(5,6)31-68-51(66)39-13-10-20-61(56-39)50(65)40(27-43-54-41(30-69-43)34-15-16-42(57(47)7)37(38)26-34)55-48(63)46(33(3)4)58(8)49(64)35-17-21-60(29-35)44(62)14-11-19-59-22-24-67-25-23-59/h9,12,15-16,18,26,30,32-33,35,39-40,46,56H,10,13,17,19-25,27-29,31H2,1-8H3,(H,55,63)/t35-,39-,40-,46-/m0/s1. The largest absolute Gasteiger partial charge is 0.464 e. The molecule has 6 bridgehead atoms. The number of amides is 4. The van der Waals surface area contributed by atoms with Gasteiger partial charge in [-0.05, 0) is 73.3 Å². The Morgan fingerprint density at radius 1 is 1.06 bits per heavy atom. The lowest BCUT2D eigenvalue weighted by molar-refractivity contribution is -0.155. The van der Waals surface area contributed by atoms with Crippen molar-refractivity contribution in [1.82, 2.24) is 45.0 Å². The molecular weight excluding hydrogens is 895 g/mol. The molecule has 2 N–H and O–H groups in total. The number of hydrazine groups is 1. The summed E-state index contributed by atoms with van der Waals surface area (Å²) >= 11 is 1.41. The van der Waals surface area contributed by atoms with Gasteiger partial charge in [-0.25, -0.2) is 10.4 Å². The van der Waals surface area contributed by atoms with Gasteiger partial charge in [-0.1, -0.05) is 53.5 Å². The summed E-state index contributed by atoms with van der Waals surface area (Å²) in [6, 6.07) is 7.68. The fourth-order valence-corrected chi connectivity index (χ4v) is 11.1. The molecule has 3 fully saturated rings. The number of cyclic esters (lactones) is 1. The molecule has 3 saturated heterocycles. The van der Waals surface area contributed by atoms with Crippen LogP contribution in [0.5, 0.6) is 0 Å². The third-order valence-electron chi connectivity index (χ3n) is 13.9. The molecule has 4 atom stereocenters. The monoisotopic (exact) mass is 961 g/mol. The van der Waals surface area contributed by atoms with E-state index >= 15 is 0 Å². The molecule has 69 heavy (non-hydrogen) atoms. The van der Waals surface area contributed by atoms with Crippen molar-refractivity contribution in [3.05, 3.63) is 58.2 Å². The Balaban J connectivity index is 1.07. The summed E-state index contributed by atoms with van der Waals surface area (Å²) in [5.41, 5.74) is 9.63. The number of carbonyl (C=O) groups is 5. The van der Waals surface area contributed by atoms with E-state index < -0.39 is 47.2 Å². The number of morpholine rings is 1. The summed E-state index contributed by atoms with van der Waals surface area (Å²) in [7, 11) is 3.70. The minimum atomic E-state index is -1.09. The fraction of sp³-hybridized carbons (Fsp3) is 0.558. The highest BCUT2D eigenvalue weighted by Crippen LogP contribution is 2.41. The van der Waals surface area contributed by atoms with Crippen LogP contribution in [0.15, 0.2) is 41.9 Å². The number of aromatic nitrogens is 3. The van der Waals surface area contributed by atoms with Gasteiger partial charge < -0.3 is 29.2 Å². The Bertz CT molecular complexity index is 2640. The van der Waals surface area contributed by atoms with E-state index in [-0.39, 0.29) is 43.2 Å². The minimum absolute atomic E-state index is 0.0768. The predicted molar refractivity (Wildman–Crippen MR) is 264 cm³/mol. The van der Waals surface area contributed by atoms with E-state index in [0.717, 1.165) is 57.8 Å². The van der Waals surface area contributed by atoms with Crippen LogP contribution in [-0.2, 0) is 53.3 Å². The van der Waals surface area contributed by atoms with Gasteiger partial charge in [-0.15, -0.1) is 11.3 Å². The van der Waals surface area contributed by atoms with Crippen molar-refractivity contribution < 1.29 is 33.4 Å². The Kier molecular flexibility index (Phi) is 15.2. The van der Waals surface area contributed by atoms with E-state index in [1.54, 1.807) is 11.9 Å². The van der Waals surface area contributed by atoms with Gasteiger partial charge in [0.05, 0.1) is 54.4 Å². The highest BCUT2D eigenvalue weighted by molar-refractivity contribution is 7.10. The summed E-state index contributed by atoms with van der Waals surface area (Å²) in [4.78, 5) is 85.4. The first kappa shape index (κ1) is 49.7. The third kappa shape index (κ3) is 11.0. The van der Waals surface area contributed by atoms with Gasteiger partial charge in [0.25, 0.3) is 11.8 Å². The predicted octanol–water partition coefficient (Wildman–Crippen LogP) is 4.80. The fourth-order valence-electron chi connectivity index (χ4n) is 10.2. The first-order chi connectivity index (χ1) is 33.0. The molecule has 7 heterocycles. The van der Waals surface area contributed by atoms with Gasteiger partial charge in [-0.2, -0.15) is 0 Å². The quantitative estimate of drug-likeness (QED) is 0.184. The smallest absolute Gasteiger partial charge is 0.324 e. The summed E-state index contributed by atoms with van der Waals surface area (Å²) < 4.78 is 13.7. The second kappa shape index (κ2) is 21.1. The maximum Gasteiger partial charge on any atom is 0.324 e. The van der Waals surface area contributed by atoms with E-state index in [1.807, 2.05) is 31.5 Å². The number of thiazole rings is 1. The molecule has 16 nitrogen and oxygen atoms in total. The van der Waals surface area contributed by atoms with Crippen LogP contribution in [0.4, 0.5) is 0 Å². The molecule has 368 valence electrons. The SMILES string of the molecule is CC(C)c1ncccc1-c1c2c3cc(ccc3n1C)-c1csc(n1)C[C@H](NC(=O)[C@H](C(C)C)N(C)C(=O)[C@H]1CCN(C(=O)C#CCN3CCOCC3)C1)C(=O)N1CCC[C@H](N1)C(=O)OCC(C)(C)C2. The average Bonchev–Trinajstić information content (AvgIpc) is 4.08. The lowest BCUT2D eigenvalue weighted by Gasteiger charge is -2.36. The highest BCUT2D eigenvalue weighted by atomic mass is 32.1. The molecule has 4 amide bonds. The van der Waals surface area contributed by atoms with Gasteiger partial charge in [-0.3, -0.25) is 38.9 Å². The third-order valence-corrected chi connectivity index (χ3v) is 14.7. The minimum Gasteiger partial charge on any atom is -0.464 e. The molecule has 0 unspecified atom stereocenters. The topological polar surface area (TPSA) is 172 Å². The van der Waals surface area contributed by atoms with Crippen molar-refractivity contribution >= 4 is 51.8 Å². The van der Waals surface area contributed by atoms with Crippen molar-refractivity contribution in [1.29, 1.82) is 0 Å². The molecule has 4 aliphatic heterocycles. The van der Waals surface area contributed by atoms with E-state index in [2.05, 4.69) is 91.1 Å².